The van der Waals surface area contributed by atoms with Crippen molar-refractivity contribution in [2.45, 2.75) is 25.4 Å². The van der Waals surface area contributed by atoms with Crippen molar-refractivity contribution in [3.63, 3.8) is 0 Å². The maximum Gasteiger partial charge on any atom is 0.278 e. The number of pyridine rings is 1. The van der Waals surface area contributed by atoms with Crippen LogP contribution >= 0.6 is 22.9 Å². The fourth-order valence-corrected chi connectivity index (χ4v) is 6.80. The minimum absolute atomic E-state index is 0.0957. The Kier molecular flexibility index (Phi) is 5.77. The lowest BCUT2D eigenvalue weighted by Crippen LogP contribution is -2.74. The maximum absolute atomic E-state index is 14.0. The van der Waals surface area contributed by atoms with Gasteiger partial charge in [0.2, 0.25) is 11.3 Å². The van der Waals surface area contributed by atoms with Gasteiger partial charge < -0.3 is 19.6 Å². The average molecular weight is 553 g/mol. The van der Waals surface area contributed by atoms with Gasteiger partial charge >= 0.3 is 0 Å². The van der Waals surface area contributed by atoms with Crippen LogP contribution in [0.1, 0.15) is 39.5 Å². The normalized spacial score (nSPS) is 20.7. The second-order valence-corrected chi connectivity index (χ2v) is 11.1. The summed E-state index contributed by atoms with van der Waals surface area (Å²) in [5.74, 6) is -0.524. The molecule has 1 atom stereocenters. The van der Waals surface area contributed by atoms with Gasteiger partial charge in [-0.15, -0.1) is 11.3 Å². The molecule has 1 spiro atoms. The predicted octanol–water partition coefficient (Wildman–Crippen LogP) is 3.27. The first kappa shape index (κ1) is 24.6. The Morgan fingerprint density at radius 3 is 2.71 bits per heavy atom. The van der Waals surface area contributed by atoms with Crippen molar-refractivity contribution in [2.24, 2.45) is 0 Å². The number of hydrogen-bond acceptors (Lipinski definition) is 7. The van der Waals surface area contributed by atoms with E-state index >= 15 is 0 Å². The van der Waals surface area contributed by atoms with E-state index in [0.29, 0.717) is 10.8 Å². The van der Waals surface area contributed by atoms with E-state index < -0.39 is 28.7 Å². The van der Waals surface area contributed by atoms with Gasteiger partial charge in [0.1, 0.15) is 25.1 Å². The van der Waals surface area contributed by atoms with Crippen LogP contribution < -0.4 is 15.2 Å². The summed E-state index contributed by atoms with van der Waals surface area (Å²) in [6.45, 7) is 4.39. The van der Waals surface area contributed by atoms with Gasteiger partial charge in [0, 0.05) is 37.8 Å². The fourth-order valence-electron chi connectivity index (χ4n) is 5.51. The second-order valence-electron chi connectivity index (χ2n) is 9.76. The highest BCUT2D eigenvalue weighted by atomic mass is 35.5. The zero-order chi connectivity index (χ0) is 26.8. The highest BCUT2D eigenvalue weighted by molar-refractivity contribution is 7.10. The predicted molar refractivity (Wildman–Crippen MR) is 144 cm³/mol. The summed E-state index contributed by atoms with van der Waals surface area (Å²) in [4.78, 5) is 42.7. The monoisotopic (exact) mass is 552 g/mol. The number of thiophene rings is 1. The molecule has 9 nitrogen and oxygen atoms in total. The molecule has 2 amide bonds. The molecule has 11 heteroatoms. The van der Waals surface area contributed by atoms with E-state index in [9.17, 15) is 19.5 Å². The number of rotatable bonds is 1. The summed E-state index contributed by atoms with van der Waals surface area (Å²) in [7, 11) is 0. The van der Waals surface area contributed by atoms with Crippen LogP contribution in [-0.2, 0) is 4.79 Å². The van der Waals surface area contributed by atoms with E-state index in [1.165, 1.54) is 30.5 Å². The van der Waals surface area contributed by atoms with Gasteiger partial charge in [-0.2, -0.15) is 0 Å². The molecule has 1 saturated heterocycles. The molecule has 5 heterocycles. The molecule has 2 aromatic heterocycles. The molecule has 2 bridgehead atoms. The van der Waals surface area contributed by atoms with E-state index in [0.717, 1.165) is 16.0 Å². The van der Waals surface area contributed by atoms with Gasteiger partial charge in [0.25, 0.3) is 5.91 Å². The lowest BCUT2D eigenvalue weighted by molar-refractivity contribution is -0.139. The van der Waals surface area contributed by atoms with Crippen molar-refractivity contribution < 1.29 is 19.4 Å². The van der Waals surface area contributed by atoms with Crippen LogP contribution in [0.4, 0.5) is 0 Å². The molecule has 196 valence electrons. The number of halogens is 1. The van der Waals surface area contributed by atoms with E-state index in [4.69, 9.17) is 16.3 Å². The number of fused-ring (bicyclic) bond motifs is 6. The number of amides is 2. The zero-order valence-electron chi connectivity index (χ0n) is 20.8. The van der Waals surface area contributed by atoms with Gasteiger partial charge in [-0.1, -0.05) is 35.9 Å². The van der Waals surface area contributed by atoms with Crippen LogP contribution in [-0.4, -0.2) is 63.3 Å². The molecule has 3 aliphatic heterocycles. The van der Waals surface area contributed by atoms with Crippen molar-refractivity contribution in [1.29, 1.82) is 0 Å². The van der Waals surface area contributed by atoms with Crippen molar-refractivity contribution in [1.82, 2.24) is 14.5 Å². The fraction of sp³-hybridized carbons (Fsp3) is 0.296. The minimum Gasteiger partial charge on any atom is -0.502 e. The maximum atomic E-state index is 14.0. The number of aromatic nitrogens is 1. The van der Waals surface area contributed by atoms with Crippen LogP contribution in [0.3, 0.4) is 0 Å². The number of aryl methyl sites for hydroxylation is 1. The molecule has 1 N–H and O–H groups in total. The molecule has 1 aromatic carbocycles. The topological polar surface area (TPSA) is 95.3 Å². The number of aromatic hydroxyl groups is 1. The molecule has 6 rings (SSSR count). The summed E-state index contributed by atoms with van der Waals surface area (Å²) < 4.78 is 7.86. The Labute approximate surface area is 227 Å². The Balaban J connectivity index is 1.64. The summed E-state index contributed by atoms with van der Waals surface area (Å²) in [6.07, 6.45) is 5.26. The third kappa shape index (κ3) is 3.62. The first-order valence-corrected chi connectivity index (χ1v) is 13.4. The van der Waals surface area contributed by atoms with E-state index in [-0.39, 0.29) is 38.0 Å². The summed E-state index contributed by atoms with van der Waals surface area (Å²) in [5.41, 5.74) is 0.135. The highest BCUT2D eigenvalue weighted by Crippen LogP contribution is 2.44. The minimum atomic E-state index is -0.844. The third-order valence-electron chi connectivity index (χ3n) is 7.46. The zero-order valence-corrected chi connectivity index (χ0v) is 22.3. The molecule has 1 unspecified atom stereocenters. The summed E-state index contributed by atoms with van der Waals surface area (Å²) in [6, 6.07) is 8.41. The molecular weight excluding hydrogens is 528 g/mol. The van der Waals surface area contributed by atoms with Crippen molar-refractivity contribution in [2.75, 3.05) is 31.4 Å². The standard InChI is InChI=1S/C27H25ClN4O5S/c1-16-5-3-6-18-21(25-19(28)8-12-38-25)32-15-30(26(36)22-23(35)20(34)7-10-31(22)32)27(9-4-11-37-24(16)18)13-29(14-27)17(2)33/h3-10,12,21,35H,11,13-15H2,1-2H3/b9-4+. The molecule has 3 aromatic rings. The van der Waals surface area contributed by atoms with Crippen LogP contribution in [0.2, 0.25) is 5.02 Å². The number of benzene rings is 1. The molecule has 0 radical (unpaired) electrons. The van der Waals surface area contributed by atoms with Crippen LogP contribution in [0.15, 0.2) is 58.9 Å². The van der Waals surface area contributed by atoms with Gasteiger partial charge in [-0.05, 0) is 30.0 Å². The Bertz CT molecular complexity index is 1560. The number of likely N-dealkylation sites (tertiary alicyclic amines) is 1. The molecular formula is C27H25ClN4O5S. The van der Waals surface area contributed by atoms with Crippen LogP contribution in [0, 0.1) is 6.92 Å². The van der Waals surface area contributed by atoms with Gasteiger partial charge in [-0.25, -0.2) is 0 Å². The number of carbonyl (C=O) groups excluding carboxylic acids is 2. The van der Waals surface area contributed by atoms with Crippen molar-refractivity contribution in [3.8, 4) is 11.5 Å². The molecule has 0 saturated carbocycles. The summed E-state index contributed by atoms with van der Waals surface area (Å²) in [5, 5.41) is 15.2. The van der Waals surface area contributed by atoms with Gasteiger partial charge in [0.15, 0.2) is 11.4 Å². The Morgan fingerprint density at radius 2 is 2.00 bits per heavy atom. The van der Waals surface area contributed by atoms with E-state index in [1.54, 1.807) is 14.5 Å². The number of ether oxygens (including phenoxy) is 1. The molecule has 38 heavy (non-hydrogen) atoms. The van der Waals surface area contributed by atoms with Crippen LogP contribution in [0.25, 0.3) is 0 Å². The van der Waals surface area contributed by atoms with E-state index in [2.05, 4.69) is 0 Å². The lowest BCUT2D eigenvalue weighted by atomic mass is 9.86. The van der Waals surface area contributed by atoms with E-state index in [1.807, 2.05) is 53.7 Å². The van der Waals surface area contributed by atoms with Crippen molar-refractivity contribution >= 4 is 34.8 Å². The number of nitrogens with zero attached hydrogens (tertiary/aromatic N) is 4. The molecule has 0 aliphatic carbocycles. The van der Waals surface area contributed by atoms with Gasteiger partial charge in [0.05, 0.1) is 15.4 Å². The van der Waals surface area contributed by atoms with Crippen LogP contribution in [0.5, 0.6) is 11.5 Å². The first-order chi connectivity index (χ1) is 18.2. The second kappa shape index (κ2) is 8.92. The number of para-hydroxylation sites is 1. The molecule has 3 aliphatic rings. The number of carbonyl (C=O) groups is 2. The SMILES string of the molecule is CC(=O)N1CC2(/C=C/COc3c(C)cccc3C(c3sccc3Cl)N3CN2C(=O)c2c(O)c(=O)ccn23)C1. The summed E-state index contributed by atoms with van der Waals surface area (Å²) >= 11 is 8.18. The average Bonchev–Trinajstić information content (AvgIpc) is 3.27. The van der Waals surface area contributed by atoms with Gasteiger partial charge in [-0.3, -0.25) is 24.1 Å². The quantitative estimate of drug-likeness (QED) is 0.466. The first-order valence-electron chi connectivity index (χ1n) is 12.1. The lowest BCUT2D eigenvalue weighted by Gasteiger charge is -2.57. The Morgan fingerprint density at radius 1 is 1.21 bits per heavy atom. The third-order valence-corrected chi connectivity index (χ3v) is 8.87. The van der Waals surface area contributed by atoms with Crippen molar-refractivity contribution in [3.05, 3.63) is 91.0 Å². The largest absolute Gasteiger partial charge is 0.502 e. The number of hydrogen-bond donors (Lipinski definition) is 1. The smallest absolute Gasteiger partial charge is 0.278 e. The highest BCUT2D eigenvalue weighted by Gasteiger charge is 2.53. The Hall–Kier alpha value is -3.76. The molecule has 1 fully saturated rings.